The minimum atomic E-state index is -0.348. The molecule has 0 aliphatic rings. The number of carbonyl (C=O) groups is 2. The first kappa shape index (κ1) is 28.9. The molecular weight excluding hydrogens is 376 g/mol. The van der Waals surface area contributed by atoms with E-state index in [2.05, 4.69) is 20.8 Å². The van der Waals surface area contributed by atoms with Crippen molar-refractivity contribution in [1.82, 2.24) is 0 Å². The second-order valence-corrected chi connectivity index (χ2v) is 8.67. The Morgan fingerprint density at radius 1 is 0.567 bits per heavy atom. The zero-order valence-corrected chi connectivity index (χ0v) is 20.4. The molecule has 0 heterocycles. The van der Waals surface area contributed by atoms with E-state index in [-0.39, 0.29) is 24.3 Å². The van der Waals surface area contributed by atoms with Crippen LogP contribution >= 0.6 is 0 Å². The third-order valence-corrected chi connectivity index (χ3v) is 5.66. The van der Waals surface area contributed by atoms with Gasteiger partial charge in [0.2, 0.25) is 0 Å². The molecule has 0 aromatic rings. The van der Waals surface area contributed by atoms with Gasteiger partial charge in [-0.05, 0) is 19.3 Å². The second kappa shape index (κ2) is 22.6. The molecular formula is C26H50O4. The summed E-state index contributed by atoms with van der Waals surface area (Å²) in [6.07, 6.45) is 20.1. The molecule has 0 rings (SSSR count). The molecule has 0 saturated heterocycles. The van der Waals surface area contributed by atoms with Crippen LogP contribution in [0.1, 0.15) is 136 Å². The maximum absolute atomic E-state index is 12.4. The maximum Gasteiger partial charge on any atom is 0.309 e. The predicted octanol–water partition coefficient (Wildman–Crippen LogP) is 7.77. The molecule has 4 nitrogen and oxygen atoms in total. The van der Waals surface area contributed by atoms with Crippen LogP contribution in [0.25, 0.3) is 0 Å². The average molecular weight is 427 g/mol. The molecule has 0 spiro atoms. The van der Waals surface area contributed by atoms with Crippen LogP contribution in [0.5, 0.6) is 0 Å². The fourth-order valence-corrected chi connectivity index (χ4v) is 3.56. The van der Waals surface area contributed by atoms with Crippen molar-refractivity contribution >= 4 is 11.9 Å². The Labute approximate surface area is 186 Å². The molecule has 0 bridgehead atoms. The topological polar surface area (TPSA) is 52.6 Å². The van der Waals surface area contributed by atoms with Gasteiger partial charge in [0.05, 0.1) is 25.6 Å². The Bertz CT molecular complexity index is 394. The lowest BCUT2D eigenvalue weighted by atomic mass is 9.97. The Morgan fingerprint density at radius 3 is 1.50 bits per heavy atom. The van der Waals surface area contributed by atoms with Gasteiger partial charge in [0.25, 0.3) is 0 Å². The van der Waals surface area contributed by atoms with E-state index in [1.54, 1.807) is 0 Å². The third-order valence-electron chi connectivity index (χ3n) is 5.66. The van der Waals surface area contributed by atoms with Crippen molar-refractivity contribution in [3.63, 3.8) is 0 Å². The van der Waals surface area contributed by atoms with Gasteiger partial charge in [-0.1, -0.05) is 111 Å². The molecule has 0 aliphatic heterocycles. The molecule has 4 heteroatoms. The third kappa shape index (κ3) is 18.9. The van der Waals surface area contributed by atoms with E-state index >= 15 is 0 Å². The van der Waals surface area contributed by atoms with Gasteiger partial charge in [-0.15, -0.1) is 0 Å². The Kier molecular flexibility index (Phi) is 21.8. The summed E-state index contributed by atoms with van der Waals surface area (Å²) < 4.78 is 10.6. The lowest BCUT2D eigenvalue weighted by Gasteiger charge is -2.15. The molecule has 0 amide bonds. The van der Waals surface area contributed by atoms with Gasteiger partial charge in [-0.25, -0.2) is 0 Å². The lowest BCUT2D eigenvalue weighted by Crippen LogP contribution is -2.23. The Hall–Kier alpha value is -1.06. The van der Waals surface area contributed by atoms with Gasteiger partial charge in [0.1, 0.15) is 0 Å². The zero-order chi connectivity index (χ0) is 22.3. The standard InChI is InChI=1S/C26H50O4/c1-4-7-10-11-12-13-14-15-16-17-18-19-20-24(26(28)30-22-9-6-3)23-25(27)29-21-8-5-2/h24H,4-23H2,1-3H3. The van der Waals surface area contributed by atoms with E-state index in [1.165, 1.54) is 64.2 Å². The van der Waals surface area contributed by atoms with Crippen LogP contribution in [0, 0.1) is 5.92 Å². The highest BCUT2D eigenvalue weighted by Gasteiger charge is 2.23. The van der Waals surface area contributed by atoms with Gasteiger partial charge in [0, 0.05) is 0 Å². The van der Waals surface area contributed by atoms with E-state index in [9.17, 15) is 9.59 Å². The predicted molar refractivity (Wildman–Crippen MR) is 126 cm³/mol. The van der Waals surface area contributed by atoms with Crippen molar-refractivity contribution in [3.05, 3.63) is 0 Å². The van der Waals surface area contributed by atoms with Crippen LogP contribution in [0.2, 0.25) is 0 Å². The minimum absolute atomic E-state index is 0.159. The summed E-state index contributed by atoms with van der Waals surface area (Å²) in [6.45, 7) is 7.30. The summed E-state index contributed by atoms with van der Waals surface area (Å²) >= 11 is 0. The highest BCUT2D eigenvalue weighted by Crippen LogP contribution is 2.19. The normalized spacial score (nSPS) is 12.0. The van der Waals surface area contributed by atoms with Gasteiger partial charge in [-0.3, -0.25) is 9.59 Å². The summed E-state index contributed by atoms with van der Waals surface area (Å²) in [4.78, 5) is 24.4. The van der Waals surface area contributed by atoms with Crippen LogP contribution in [-0.4, -0.2) is 25.2 Å². The number of hydrogen-bond donors (Lipinski definition) is 0. The highest BCUT2D eigenvalue weighted by atomic mass is 16.5. The molecule has 0 aliphatic carbocycles. The molecule has 178 valence electrons. The van der Waals surface area contributed by atoms with Crippen molar-refractivity contribution < 1.29 is 19.1 Å². The zero-order valence-electron chi connectivity index (χ0n) is 20.4. The van der Waals surface area contributed by atoms with E-state index in [4.69, 9.17) is 9.47 Å². The molecule has 1 atom stereocenters. The fourth-order valence-electron chi connectivity index (χ4n) is 3.56. The molecule has 0 saturated carbocycles. The minimum Gasteiger partial charge on any atom is -0.466 e. The fraction of sp³-hybridized carbons (Fsp3) is 0.923. The second-order valence-electron chi connectivity index (χ2n) is 8.67. The molecule has 1 unspecified atom stereocenters. The summed E-state index contributed by atoms with van der Waals surface area (Å²) in [5.74, 6) is -0.835. The summed E-state index contributed by atoms with van der Waals surface area (Å²) in [5, 5.41) is 0. The summed E-state index contributed by atoms with van der Waals surface area (Å²) in [6, 6.07) is 0. The molecule has 0 aromatic heterocycles. The van der Waals surface area contributed by atoms with Crippen molar-refractivity contribution in [2.24, 2.45) is 5.92 Å². The number of unbranched alkanes of at least 4 members (excludes halogenated alkanes) is 13. The first-order valence-corrected chi connectivity index (χ1v) is 13.0. The van der Waals surface area contributed by atoms with Crippen molar-refractivity contribution in [2.75, 3.05) is 13.2 Å². The van der Waals surface area contributed by atoms with Gasteiger partial charge in [0.15, 0.2) is 0 Å². The molecule has 0 fully saturated rings. The van der Waals surface area contributed by atoms with E-state index in [1.807, 2.05) is 0 Å². The van der Waals surface area contributed by atoms with Crippen LogP contribution < -0.4 is 0 Å². The first-order valence-electron chi connectivity index (χ1n) is 13.0. The SMILES string of the molecule is CCCCCCCCCCCCCCC(CC(=O)OCCCC)C(=O)OCCCC. The van der Waals surface area contributed by atoms with Crippen LogP contribution in [0.4, 0.5) is 0 Å². The largest absolute Gasteiger partial charge is 0.466 e. The van der Waals surface area contributed by atoms with Crippen LogP contribution in [0.15, 0.2) is 0 Å². The van der Waals surface area contributed by atoms with Crippen molar-refractivity contribution in [3.8, 4) is 0 Å². The first-order chi connectivity index (χ1) is 14.7. The van der Waals surface area contributed by atoms with Gasteiger partial charge < -0.3 is 9.47 Å². The Balaban J connectivity index is 3.96. The Morgan fingerprint density at radius 2 is 1.00 bits per heavy atom. The summed E-state index contributed by atoms with van der Waals surface area (Å²) in [5.41, 5.74) is 0. The maximum atomic E-state index is 12.4. The van der Waals surface area contributed by atoms with Gasteiger partial charge >= 0.3 is 11.9 Å². The highest BCUT2D eigenvalue weighted by molar-refractivity contribution is 5.79. The smallest absolute Gasteiger partial charge is 0.309 e. The molecule has 0 radical (unpaired) electrons. The van der Waals surface area contributed by atoms with Crippen LogP contribution in [-0.2, 0) is 19.1 Å². The van der Waals surface area contributed by atoms with E-state index in [0.717, 1.165) is 44.9 Å². The van der Waals surface area contributed by atoms with Crippen molar-refractivity contribution in [2.45, 2.75) is 136 Å². The quantitative estimate of drug-likeness (QED) is 0.131. The lowest BCUT2D eigenvalue weighted by molar-refractivity contribution is -0.155. The van der Waals surface area contributed by atoms with E-state index < -0.39 is 0 Å². The van der Waals surface area contributed by atoms with Gasteiger partial charge in [-0.2, -0.15) is 0 Å². The number of carbonyl (C=O) groups excluding carboxylic acids is 2. The summed E-state index contributed by atoms with van der Waals surface area (Å²) in [7, 11) is 0. The molecule has 0 N–H and O–H groups in total. The van der Waals surface area contributed by atoms with E-state index in [0.29, 0.717) is 13.2 Å². The number of esters is 2. The average Bonchev–Trinajstić information content (AvgIpc) is 2.74. The molecule has 0 aromatic carbocycles. The number of ether oxygens (including phenoxy) is 2. The van der Waals surface area contributed by atoms with Crippen molar-refractivity contribution in [1.29, 1.82) is 0 Å². The van der Waals surface area contributed by atoms with Crippen LogP contribution in [0.3, 0.4) is 0 Å². The molecule has 30 heavy (non-hydrogen) atoms. The number of rotatable bonds is 22. The number of hydrogen-bond acceptors (Lipinski definition) is 4. The monoisotopic (exact) mass is 426 g/mol.